The number of aliphatic hydroxyl groups is 2. The summed E-state index contributed by atoms with van der Waals surface area (Å²) in [6.07, 6.45) is -1.58. The highest BCUT2D eigenvalue weighted by atomic mass is 32.2. The SMILES string of the molecule is CCOC(=O)CSCCOC(=O)Oc1ccc([N+](=O)[O-])cc1.CCOCc1nc2c(N)nc3ccccc3c2n1CC(C)(C)O.CCOCc1nc2c(NC(=O)OCCSCC(=O)OCC)nc3ccccc3c2n1CC(C)(C)O. The molecule has 24 nitrogen and oxygen atoms in total. The number of thioether (sulfide) groups is 2. The van der Waals surface area contributed by atoms with Crippen LogP contribution in [0.15, 0.2) is 72.8 Å². The highest BCUT2D eigenvalue weighted by Crippen LogP contribution is 2.33. The van der Waals surface area contributed by atoms with Crippen LogP contribution in [0.1, 0.15) is 67.0 Å². The number of imidazole rings is 2. The largest absolute Gasteiger partial charge is 0.513 e. The van der Waals surface area contributed by atoms with E-state index in [2.05, 4.69) is 20.3 Å². The Bertz CT molecular complexity index is 3200. The third-order valence-electron chi connectivity index (χ3n) is 10.7. The van der Waals surface area contributed by atoms with Gasteiger partial charge in [-0.15, -0.1) is 23.5 Å². The van der Waals surface area contributed by atoms with Crippen LogP contribution in [-0.2, 0) is 64.3 Å². The van der Waals surface area contributed by atoms with Crippen LogP contribution in [0.25, 0.3) is 43.9 Å². The molecule has 0 aliphatic heterocycles. The molecule has 0 unspecified atom stereocenters. The van der Waals surface area contributed by atoms with Crippen LogP contribution in [0, 0.1) is 10.1 Å². The van der Waals surface area contributed by atoms with Crippen LogP contribution >= 0.6 is 23.5 Å². The van der Waals surface area contributed by atoms with Gasteiger partial charge in [0.15, 0.2) is 11.6 Å². The smallest absolute Gasteiger partial charge is 0.465 e. The van der Waals surface area contributed by atoms with Crippen molar-refractivity contribution in [3.63, 3.8) is 0 Å². The number of carbonyl (C=O) groups excluding carboxylic acids is 4. The van der Waals surface area contributed by atoms with Crippen LogP contribution in [-0.4, -0.2) is 142 Å². The summed E-state index contributed by atoms with van der Waals surface area (Å²) >= 11 is 2.60. The number of fused-ring (bicyclic) bond motifs is 6. The lowest BCUT2D eigenvalue weighted by Gasteiger charge is -2.20. The minimum Gasteiger partial charge on any atom is -0.465 e. The molecule has 0 spiro atoms. The van der Waals surface area contributed by atoms with Crippen molar-refractivity contribution in [2.24, 2.45) is 0 Å². The Morgan fingerprint density at radius 2 is 1.12 bits per heavy atom. The van der Waals surface area contributed by atoms with Crippen molar-refractivity contribution in [1.29, 1.82) is 0 Å². The summed E-state index contributed by atoms with van der Waals surface area (Å²) in [4.78, 5) is 74.6. The van der Waals surface area contributed by atoms with Gasteiger partial charge in [-0.2, -0.15) is 0 Å². The third kappa shape index (κ3) is 19.5. The topological polar surface area (TPSA) is 316 Å². The van der Waals surface area contributed by atoms with Gasteiger partial charge in [-0.3, -0.25) is 25.0 Å². The molecule has 26 heteroatoms. The molecular formula is C54H69N9O15S2. The molecule has 80 heavy (non-hydrogen) atoms. The van der Waals surface area contributed by atoms with Gasteiger partial charge in [-0.05, 0) is 79.7 Å². The van der Waals surface area contributed by atoms with Crippen LogP contribution in [0.5, 0.6) is 5.75 Å². The first-order valence-corrected chi connectivity index (χ1v) is 27.9. The quantitative estimate of drug-likeness (QED) is 0.0104. The Balaban J connectivity index is 0.000000230. The summed E-state index contributed by atoms with van der Waals surface area (Å²) in [6.45, 7) is 17.6. The summed E-state index contributed by atoms with van der Waals surface area (Å²) in [6, 6.07) is 20.4. The second-order valence-electron chi connectivity index (χ2n) is 18.4. The zero-order valence-electron chi connectivity index (χ0n) is 46.1. The Labute approximate surface area is 470 Å². The number of rotatable bonds is 25. The van der Waals surface area contributed by atoms with Gasteiger partial charge in [0.1, 0.15) is 54.9 Å². The zero-order chi connectivity index (χ0) is 58.4. The minimum atomic E-state index is -1.01. The van der Waals surface area contributed by atoms with Gasteiger partial charge in [-0.1, -0.05) is 36.4 Å². The standard InChI is InChI=1S/C24H32N4O6S.C17H22N4O2.C13H15NO7S/c1-5-32-13-18-26-20-21(28(18)15-24(3,4)31)16-9-7-8-10-17(16)25-22(20)27-23(30)34-11-12-35-14-19(29)33-6-2;1-4-23-9-13-20-14-15(21(13)10-17(2,3)22)11-7-5-6-8-12(11)19-16(14)18;1-2-19-12(15)9-22-8-7-20-13(16)21-11-5-3-10(4-6-11)14(17)18/h7-10,31H,5-6,11-15H2,1-4H3,(H,25,27,30);5-8,22H,4,9-10H2,1-3H3,(H2,18,19);3-6H,2,7-9H2,1H3. The van der Waals surface area contributed by atoms with E-state index in [9.17, 15) is 39.5 Å². The molecule has 7 aromatic rings. The molecule has 0 aliphatic rings. The number of nitrogens with one attached hydrogen (secondary N) is 1. The van der Waals surface area contributed by atoms with Crippen molar-refractivity contribution in [2.75, 3.05) is 73.7 Å². The Morgan fingerprint density at radius 3 is 1.61 bits per heavy atom. The summed E-state index contributed by atoms with van der Waals surface area (Å²) in [5.41, 5.74) is 8.38. The molecule has 0 bridgehead atoms. The fourth-order valence-corrected chi connectivity index (χ4v) is 8.77. The summed E-state index contributed by atoms with van der Waals surface area (Å²) in [7, 11) is 0. The lowest BCUT2D eigenvalue weighted by atomic mass is 10.1. The average molecular weight is 1150 g/mol. The van der Waals surface area contributed by atoms with Crippen LogP contribution in [0.4, 0.5) is 26.9 Å². The van der Waals surface area contributed by atoms with E-state index < -0.39 is 28.4 Å². The van der Waals surface area contributed by atoms with E-state index in [1.165, 1.54) is 47.8 Å². The number of pyridine rings is 2. The normalized spacial score (nSPS) is 11.4. The second kappa shape index (κ2) is 30.9. The molecule has 0 saturated carbocycles. The fraction of sp³-hybridized carbons (Fsp3) is 0.444. The number of aromatic nitrogens is 6. The zero-order valence-corrected chi connectivity index (χ0v) is 47.7. The van der Waals surface area contributed by atoms with Gasteiger partial charge in [0.05, 0.1) is 76.0 Å². The number of nitrogens with zero attached hydrogens (tertiary/aromatic N) is 7. The number of amides is 1. The first-order valence-electron chi connectivity index (χ1n) is 25.6. The van der Waals surface area contributed by atoms with E-state index in [0.717, 1.165) is 33.1 Å². The number of hydrogen-bond donors (Lipinski definition) is 4. The number of nitrogens with two attached hydrogens (primary N) is 1. The van der Waals surface area contributed by atoms with E-state index >= 15 is 0 Å². The predicted molar refractivity (Wildman–Crippen MR) is 306 cm³/mol. The van der Waals surface area contributed by atoms with E-state index in [1.807, 2.05) is 71.5 Å². The van der Waals surface area contributed by atoms with E-state index in [-0.39, 0.29) is 67.1 Å². The van der Waals surface area contributed by atoms with Crippen molar-refractivity contribution < 1.29 is 67.5 Å². The van der Waals surface area contributed by atoms with Crippen LogP contribution in [0.3, 0.4) is 0 Å². The number of para-hydroxylation sites is 2. The minimum absolute atomic E-state index is 0.0793. The number of nitro groups is 1. The van der Waals surface area contributed by atoms with Gasteiger partial charge >= 0.3 is 24.2 Å². The fourth-order valence-electron chi connectivity index (χ4n) is 7.58. The average Bonchev–Trinajstić information content (AvgIpc) is 3.95. The highest BCUT2D eigenvalue weighted by molar-refractivity contribution is 8.00. The Kier molecular flexibility index (Phi) is 24.5. The molecule has 0 aliphatic carbocycles. The molecule has 0 radical (unpaired) electrons. The maximum atomic E-state index is 12.5. The van der Waals surface area contributed by atoms with Crippen molar-refractivity contribution in [1.82, 2.24) is 29.1 Å². The third-order valence-corrected chi connectivity index (χ3v) is 12.5. The number of nitro benzene ring substituents is 1. The number of anilines is 2. The molecule has 432 valence electrons. The van der Waals surface area contributed by atoms with Gasteiger partial charge in [0.25, 0.3) is 5.69 Å². The second-order valence-corrected chi connectivity index (χ2v) is 20.7. The Morgan fingerprint density at radius 1 is 0.650 bits per heavy atom. The van der Waals surface area contributed by atoms with Crippen LogP contribution < -0.4 is 15.8 Å². The molecular weight excluding hydrogens is 1080 g/mol. The van der Waals surface area contributed by atoms with Crippen molar-refractivity contribution in [3.05, 3.63) is 94.6 Å². The summed E-state index contributed by atoms with van der Waals surface area (Å²) < 4.78 is 39.5. The van der Waals surface area contributed by atoms with Gasteiger partial charge in [-0.25, -0.2) is 29.5 Å². The first-order chi connectivity index (χ1) is 38.2. The number of benzene rings is 3. The molecule has 4 aromatic heterocycles. The number of carbonyl (C=O) groups is 4. The predicted octanol–water partition coefficient (Wildman–Crippen LogP) is 8.62. The molecule has 0 fully saturated rings. The van der Waals surface area contributed by atoms with Crippen molar-refractivity contribution in [3.8, 4) is 5.75 Å². The number of hydrogen-bond acceptors (Lipinski definition) is 22. The van der Waals surface area contributed by atoms with Crippen LogP contribution in [0.2, 0.25) is 0 Å². The molecule has 0 saturated heterocycles. The summed E-state index contributed by atoms with van der Waals surface area (Å²) in [5, 5.41) is 35.8. The van der Waals surface area contributed by atoms with E-state index in [4.69, 9.17) is 43.9 Å². The van der Waals surface area contributed by atoms with Gasteiger partial charge < -0.3 is 58.2 Å². The molecule has 3 aromatic carbocycles. The van der Waals surface area contributed by atoms with Gasteiger partial charge in [0, 0.05) is 47.6 Å². The monoisotopic (exact) mass is 1150 g/mol. The maximum Gasteiger partial charge on any atom is 0.513 e. The number of nitrogen functional groups attached to an aromatic ring is 1. The van der Waals surface area contributed by atoms with Crippen molar-refractivity contribution in [2.45, 2.75) is 92.9 Å². The summed E-state index contributed by atoms with van der Waals surface area (Å²) in [5.74, 6) is 2.81. The molecule has 5 N–H and O–H groups in total. The first kappa shape index (κ1) is 63.5. The van der Waals surface area contributed by atoms with E-state index in [1.54, 1.807) is 41.5 Å². The van der Waals surface area contributed by atoms with E-state index in [0.29, 0.717) is 79.3 Å². The van der Waals surface area contributed by atoms with Crippen molar-refractivity contribution >= 4 is 109 Å². The maximum absolute atomic E-state index is 12.5. The lowest BCUT2D eigenvalue weighted by Crippen LogP contribution is -2.27. The highest BCUT2D eigenvalue weighted by Gasteiger charge is 2.25. The molecule has 1 amide bonds. The number of ether oxygens (including phenoxy) is 7. The molecule has 4 heterocycles. The Hall–Kier alpha value is -7.36. The molecule has 7 rings (SSSR count). The number of non-ortho nitro benzene ring substituents is 1. The van der Waals surface area contributed by atoms with Gasteiger partial charge in [0.2, 0.25) is 0 Å². The lowest BCUT2D eigenvalue weighted by molar-refractivity contribution is -0.384. The number of esters is 2. The molecule has 0 atom stereocenters.